The van der Waals surface area contributed by atoms with Crippen LogP contribution in [0.4, 0.5) is 13.2 Å². The largest absolute Gasteiger partial charge is 0.415 e. The molecule has 0 spiro atoms. The van der Waals surface area contributed by atoms with Gasteiger partial charge in [0.25, 0.3) is 5.91 Å². The quantitative estimate of drug-likeness (QED) is 0.465. The zero-order valence-electron chi connectivity index (χ0n) is 17.7. The van der Waals surface area contributed by atoms with Crippen LogP contribution < -0.4 is 0 Å². The van der Waals surface area contributed by atoms with Crippen LogP contribution in [0.25, 0.3) is 0 Å². The lowest BCUT2D eigenvalue weighted by Gasteiger charge is -2.32. The fourth-order valence-corrected chi connectivity index (χ4v) is 4.00. The number of benzene rings is 1. The molecule has 0 fully saturated rings. The smallest absolute Gasteiger partial charge is 0.405 e. The fraction of sp³-hybridized carbons (Fsp3) is 0.550. The molecule has 156 valence electrons. The van der Waals surface area contributed by atoms with Gasteiger partial charge >= 0.3 is 6.18 Å². The summed E-state index contributed by atoms with van der Waals surface area (Å²) in [6.07, 6.45) is -6.58. The second-order valence-corrected chi connectivity index (χ2v) is 18.1. The van der Waals surface area contributed by atoms with Gasteiger partial charge in [0.2, 0.25) is 0 Å². The van der Waals surface area contributed by atoms with Gasteiger partial charge in [0.15, 0.2) is 14.4 Å². The first-order chi connectivity index (χ1) is 12.6. The van der Waals surface area contributed by atoms with Crippen LogP contribution in [0.15, 0.2) is 24.3 Å². The molecule has 1 unspecified atom stereocenters. The summed E-state index contributed by atoms with van der Waals surface area (Å²) in [6, 6.07) is 6.77. The predicted molar refractivity (Wildman–Crippen MR) is 112 cm³/mol. The molecule has 0 heterocycles. The van der Waals surface area contributed by atoms with Crippen molar-refractivity contribution in [2.75, 3.05) is 13.1 Å². The SMILES string of the molecule is Cc1ccc(C(=O)N(CC#C[Si](C)(C)C)CC(O[Si](C)(C)C)C(F)(F)F)cc1. The van der Waals surface area contributed by atoms with Crippen LogP contribution in [0.2, 0.25) is 39.3 Å². The van der Waals surface area contributed by atoms with Crippen molar-refractivity contribution in [3.05, 3.63) is 35.4 Å². The molecule has 0 aliphatic rings. The summed E-state index contributed by atoms with van der Waals surface area (Å²) >= 11 is 0. The number of hydrogen-bond acceptors (Lipinski definition) is 2. The van der Waals surface area contributed by atoms with E-state index in [0.29, 0.717) is 5.56 Å². The van der Waals surface area contributed by atoms with Crippen LogP contribution in [-0.2, 0) is 4.43 Å². The van der Waals surface area contributed by atoms with Crippen LogP contribution in [0.3, 0.4) is 0 Å². The van der Waals surface area contributed by atoms with Gasteiger partial charge in [-0.3, -0.25) is 4.79 Å². The van der Waals surface area contributed by atoms with Gasteiger partial charge in [-0.05, 0) is 38.7 Å². The zero-order valence-corrected chi connectivity index (χ0v) is 19.7. The van der Waals surface area contributed by atoms with E-state index in [-0.39, 0.29) is 6.54 Å². The van der Waals surface area contributed by atoms with Crippen molar-refractivity contribution in [1.29, 1.82) is 0 Å². The maximum atomic E-state index is 13.6. The van der Waals surface area contributed by atoms with Gasteiger partial charge in [-0.1, -0.05) is 43.3 Å². The summed E-state index contributed by atoms with van der Waals surface area (Å²) in [5.74, 6) is 2.44. The van der Waals surface area contributed by atoms with Crippen molar-refractivity contribution < 1.29 is 22.4 Å². The Bertz CT molecular complexity index is 724. The van der Waals surface area contributed by atoms with Gasteiger partial charge in [-0.2, -0.15) is 13.2 Å². The Morgan fingerprint density at radius 2 is 1.64 bits per heavy atom. The van der Waals surface area contributed by atoms with Gasteiger partial charge < -0.3 is 9.33 Å². The van der Waals surface area contributed by atoms with Gasteiger partial charge in [-0.15, -0.1) is 5.54 Å². The van der Waals surface area contributed by atoms with Crippen LogP contribution in [0, 0.1) is 18.4 Å². The first-order valence-electron chi connectivity index (χ1n) is 9.19. The van der Waals surface area contributed by atoms with E-state index in [1.165, 1.54) is 0 Å². The third kappa shape index (κ3) is 9.08. The lowest BCUT2D eigenvalue weighted by molar-refractivity contribution is -0.200. The second kappa shape index (κ2) is 9.29. The third-order valence-electron chi connectivity index (χ3n) is 3.57. The van der Waals surface area contributed by atoms with E-state index in [0.717, 1.165) is 10.5 Å². The van der Waals surface area contributed by atoms with Crippen LogP contribution in [0.5, 0.6) is 0 Å². The fourth-order valence-electron chi connectivity index (χ4n) is 2.33. The van der Waals surface area contributed by atoms with Crippen LogP contribution >= 0.6 is 0 Å². The number of amides is 1. The van der Waals surface area contributed by atoms with Crippen molar-refractivity contribution in [2.45, 2.75) is 58.5 Å². The topological polar surface area (TPSA) is 29.5 Å². The third-order valence-corrected chi connectivity index (χ3v) is 5.48. The molecule has 28 heavy (non-hydrogen) atoms. The number of nitrogens with zero attached hydrogens (tertiary/aromatic N) is 1. The molecule has 0 bridgehead atoms. The Balaban J connectivity index is 3.18. The number of halogens is 3. The Morgan fingerprint density at radius 1 is 1.11 bits per heavy atom. The van der Waals surface area contributed by atoms with Crippen LogP contribution in [-0.4, -0.2) is 52.6 Å². The van der Waals surface area contributed by atoms with Gasteiger partial charge in [-0.25, -0.2) is 0 Å². The molecule has 8 heteroatoms. The Kier molecular flexibility index (Phi) is 8.12. The van der Waals surface area contributed by atoms with E-state index in [1.807, 2.05) is 26.6 Å². The molecule has 1 atom stereocenters. The molecule has 3 nitrogen and oxygen atoms in total. The molecule has 1 amide bonds. The first-order valence-corrected chi connectivity index (χ1v) is 16.1. The van der Waals surface area contributed by atoms with Crippen molar-refractivity contribution in [3.63, 3.8) is 0 Å². The number of carbonyl (C=O) groups is 1. The standard InChI is InChI=1S/C20H30F3NO2Si2/c1-16-9-11-17(12-10-16)19(25)24(13-8-14-27(2,3)4)15-18(20(21,22)23)26-28(5,6)7/h9-12,18H,13,15H2,1-7H3. The van der Waals surface area contributed by atoms with Gasteiger partial charge in [0.1, 0.15) is 8.07 Å². The minimum absolute atomic E-state index is 0.0569. The second-order valence-electron chi connectivity index (χ2n) is 8.86. The molecule has 0 saturated carbocycles. The summed E-state index contributed by atoms with van der Waals surface area (Å²) in [5, 5.41) is 0. The number of aryl methyl sites for hydroxylation is 1. The minimum atomic E-state index is -4.56. The maximum absolute atomic E-state index is 13.6. The normalized spacial score (nSPS) is 13.5. The first kappa shape index (κ1) is 24.5. The van der Waals surface area contributed by atoms with E-state index in [1.54, 1.807) is 43.9 Å². The summed E-state index contributed by atoms with van der Waals surface area (Å²) in [5.41, 5.74) is 4.42. The van der Waals surface area contributed by atoms with E-state index in [9.17, 15) is 18.0 Å². The molecule has 0 N–H and O–H groups in total. The molecular weight excluding hydrogens is 399 g/mol. The minimum Gasteiger partial charge on any atom is -0.405 e. The van der Waals surface area contributed by atoms with Gasteiger partial charge in [0, 0.05) is 5.56 Å². The Hall–Kier alpha value is -1.57. The Morgan fingerprint density at radius 3 is 2.07 bits per heavy atom. The molecular formula is C20H30F3NO2Si2. The monoisotopic (exact) mass is 429 g/mol. The molecule has 1 rings (SSSR count). The summed E-state index contributed by atoms with van der Waals surface area (Å²) in [6.45, 7) is 12.5. The lowest BCUT2D eigenvalue weighted by Crippen LogP contribution is -2.49. The molecule has 0 aromatic heterocycles. The van der Waals surface area contributed by atoms with Crippen molar-refractivity contribution in [2.24, 2.45) is 0 Å². The zero-order chi connectivity index (χ0) is 21.8. The molecule has 1 aromatic rings. The number of alkyl halides is 3. The number of rotatable bonds is 6. The van der Waals surface area contributed by atoms with E-state index in [2.05, 4.69) is 11.5 Å². The average molecular weight is 430 g/mol. The van der Waals surface area contributed by atoms with E-state index in [4.69, 9.17) is 4.43 Å². The molecule has 1 aromatic carbocycles. The highest BCUT2D eigenvalue weighted by atomic mass is 28.4. The van der Waals surface area contributed by atoms with E-state index >= 15 is 0 Å². The summed E-state index contributed by atoms with van der Waals surface area (Å²) in [4.78, 5) is 14.0. The van der Waals surface area contributed by atoms with Crippen molar-refractivity contribution >= 4 is 22.3 Å². The van der Waals surface area contributed by atoms with Crippen molar-refractivity contribution in [3.8, 4) is 11.5 Å². The van der Waals surface area contributed by atoms with Crippen molar-refractivity contribution in [1.82, 2.24) is 4.90 Å². The Labute approximate surface area is 168 Å². The lowest BCUT2D eigenvalue weighted by atomic mass is 10.1. The van der Waals surface area contributed by atoms with Crippen LogP contribution in [0.1, 0.15) is 15.9 Å². The highest BCUT2D eigenvalue weighted by Crippen LogP contribution is 2.27. The number of carbonyl (C=O) groups excluding carboxylic acids is 1. The van der Waals surface area contributed by atoms with Gasteiger partial charge in [0.05, 0.1) is 13.1 Å². The summed E-state index contributed by atoms with van der Waals surface area (Å²) in [7, 11) is -4.17. The highest BCUT2D eigenvalue weighted by molar-refractivity contribution is 6.83. The van der Waals surface area contributed by atoms with E-state index < -0.39 is 41.1 Å². The molecule has 0 aliphatic carbocycles. The average Bonchev–Trinajstić information content (AvgIpc) is 2.50. The molecule has 0 saturated heterocycles. The summed E-state index contributed by atoms with van der Waals surface area (Å²) < 4.78 is 46.1. The number of hydrogen-bond donors (Lipinski definition) is 0. The predicted octanol–water partition coefficient (Wildman–Crippen LogP) is 5.10. The molecule has 0 radical (unpaired) electrons. The maximum Gasteiger partial charge on any atom is 0.415 e. The molecule has 0 aliphatic heterocycles. The highest BCUT2D eigenvalue weighted by Gasteiger charge is 2.44.